The molecule has 1 aliphatic rings. The number of benzene rings is 7. The number of thiophene rings is 1. The van der Waals surface area contributed by atoms with E-state index in [-0.39, 0.29) is 0 Å². The van der Waals surface area contributed by atoms with Crippen LogP contribution in [0.1, 0.15) is 17.7 Å². The zero-order valence-corrected chi connectivity index (χ0v) is 31.4. The van der Waals surface area contributed by atoms with Crippen molar-refractivity contribution in [1.29, 1.82) is 0 Å². The maximum absolute atomic E-state index is 6.43. The fourth-order valence-electron chi connectivity index (χ4n) is 8.46. The summed E-state index contributed by atoms with van der Waals surface area (Å²) >= 11 is 1.83. The van der Waals surface area contributed by atoms with E-state index < -0.39 is 0 Å². The summed E-state index contributed by atoms with van der Waals surface area (Å²) in [4.78, 5) is 4.92. The Balaban J connectivity index is 1.03. The predicted octanol–water partition coefficient (Wildman–Crippen LogP) is 15.0. The topological polar surface area (TPSA) is 21.3 Å². The molecule has 0 radical (unpaired) electrons. The molecule has 0 fully saturated rings. The van der Waals surface area contributed by atoms with E-state index in [0.717, 1.165) is 63.0 Å². The highest BCUT2D eigenvalue weighted by Gasteiger charge is 2.22. The second-order valence-electron chi connectivity index (χ2n) is 14.4. The van der Waals surface area contributed by atoms with Crippen molar-refractivity contribution < 1.29 is 4.42 Å². The molecular formula is C52H36N2OS. The molecule has 3 heterocycles. The monoisotopic (exact) mass is 736 g/mol. The first kappa shape index (κ1) is 32.5. The van der Waals surface area contributed by atoms with Crippen LogP contribution >= 0.6 is 11.3 Å². The fraction of sp³-hybridized carbons (Fsp3) is 0.0385. The number of rotatable bonds is 7. The number of furan rings is 1. The minimum absolute atomic E-state index is 0.911. The molecule has 3 aromatic heterocycles. The van der Waals surface area contributed by atoms with Crippen LogP contribution in [0.15, 0.2) is 192 Å². The minimum Gasteiger partial charge on any atom is -0.455 e. The molecule has 0 unspecified atom stereocenters. The molecule has 4 heteroatoms. The summed E-state index contributed by atoms with van der Waals surface area (Å²) in [7, 11) is 0. The molecule has 0 bridgehead atoms. The van der Waals surface area contributed by atoms with Crippen molar-refractivity contribution in [3.05, 3.63) is 199 Å². The van der Waals surface area contributed by atoms with Crippen LogP contribution in [0.2, 0.25) is 0 Å². The van der Waals surface area contributed by atoms with E-state index >= 15 is 0 Å². The third-order valence-corrected chi connectivity index (χ3v) is 12.3. The van der Waals surface area contributed by atoms with Crippen molar-refractivity contribution in [2.45, 2.75) is 12.8 Å². The van der Waals surface area contributed by atoms with Crippen molar-refractivity contribution in [2.75, 3.05) is 4.90 Å². The summed E-state index contributed by atoms with van der Waals surface area (Å²) in [6, 6.07) is 65.5. The summed E-state index contributed by atoms with van der Waals surface area (Å²) in [6.07, 6.45) is 6.70. The first-order valence-electron chi connectivity index (χ1n) is 19.2. The lowest BCUT2D eigenvalue weighted by molar-refractivity contribution is 0.670. The maximum Gasteiger partial charge on any atom is 0.143 e. The van der Waals surface area contributed by atoms with E-state index in [4.69, 9.17) is 4.42 Å². The van der Waals surface area contributed by atoms with Gasteiger partial charge in [-0.15, -0.1) is 11.3 Å². The number of nitrogens with zero attached hydrogens (tertiary/aromatic N) is 2. The standard InChI is InChI=1S/C52H36N2OS/c1-3-12-36(13-4-1)50-32-33-51(56-50)37-24-28-40(29-25-37)53(39-26-22-35(23-27-39)42-18-11-19-45-44-17-8-10-21-49(44)55-52(42)45)41-30-31-48-46(34-41)43-16-7-9-20-47(43)54(48)38-14-5-2-6-15-38/h1-8,10-19,21-34H,9,20H2. The lowest BCUT2D eigenvalue weighted by atomic mass is 10.0. The van der Waals surface area contributed by atoms with Gasteiger partial charge in [-0.3, -0.25) is 0 Å². The van der Waals surface area contributed by atoms with Crippen molar-refractivity contribution in [3.63, 3.8) is 0 Å². The molecule has 266 valence electrons. The number of aromatic nitrogens is 1. The van der Waals surface area contributed by atoms with Crippen LogP contribution in [0.25, 0.3) is 76.6 Å². The molecule has 1 aliphatic carbocycles. The first-order valence-corrected chi connectivity index (χ1v) is 20.0. The van der Waals surface area contributed by atoms with Gasteiger partial charge >= 0.3 is 0 Å². The first-order chi connectivity index (χ1) is 27.8. The van der Waals surface area contributed by atoms with E-state index in [1.54, 1.807) is 0 Å². The zero-order chi connectivity index (χ0) is 37.0. The van der Waals surface area contributed by atoms with Gasteiger partial charge in [0.25, 0.3) is 0 Å². The van der Waals surface area contributed by atoms with Crippen molar-refractivity contribution in [2.24, 2.45) is 0 Å². The molecule has 3 nitrogen and oxygen atoms in total. The number of fused-ring (bicyclic) bond motifs is 6. The molecule has 0 saturated heterocycles. The van der Waals surface area contributed by atoms with Gasteiger partial charge in [0.15, 0.2) is 0 Å². The van der Waals surface area contributed by atoms with Gasteiger partial charge in [-0.2, -0.15) is 0 Å². The van der Waals surface area contributed by atoms with Crippen molar-refractivity contribution in [3.8, 4) is 37.7 Å². The van der Waals surface area contributed by atoms with Gasteiger partial charge in [0.1, 0.15) is 11.2 Å². The molecule has 11 rings (SSSR count). The number of anilines is 3. The predicted molar refractivity (Wildman–Crippen MR) is 237 cm³/mol. The average molecular weight is 737 g/mol. The molecule has 7 aromatic carbocycles. The van der Waals surface area contributed by atoms with E-state index in [0.29, 0.717) is 0 Å². The van der Waals surface area contributed by atoms with Crippen LogP contribution < -0.4 is 4.90 Å². The molecule has 0 N–H and O–H groups in total. The molecule has 10 aromatic rings. The molecule has 0 aliphatic heterocycles. The quantitative estimate of drug-likeness (QED) is 0.162. The normalized spacial score (nSPS) is 12.4. The molecule has 0 saturated carbocycles. The summed E-state index contributed by atoms with van der Waals surface area (Å²) < 4.78 is 8.89. The van der Waals surface area contributed by atoms with Gasteiger partial charge in [0, 0.05) is 65.5 Å². The van der Waals surface area contributed by atoms with E-state index in [9.17, 15) is 0 Å². The van der Waals surface area contributed by atoms with Crippen LogP contribution in [-0.2, 0) is 6.42 Å². The second-order valence-corrected chi connectivity index (χ2v) is 15.5. The number of para-hydroxylation sites is 3. The third kappa shape index (κ3) is 5.49. The van der Waals surface area contributed by atoms with Gasteiger partial charge in [-0.1, -0.05) is 121 Å². The molecule has 0 spiro atoms. The minimum atomic E-state index is 0.911. The number of hydrogen-bond acceptors (Lipinski definition) is 3. The Morgan fingerprint density at radius 2 is 1.16 bits per heavy atom. The fourth-order valence-corrected chi connectivity index (χ4v) is 9.47. The number of allylic oxidation sites excluding steroid dienone is 1. The summed E-state index contributed by atoms with van der Waals surface area (Å²) in [5, 5.41) is 3.54. The van der Waals surface area contributed by atoms with Crippen LogP contribution in [0.4, 0.5) is 17.1 Å². The third-order valence-electron chi connectivity index (χ3n) is 11.1. The lowest BCUT2D eigenvalue weighted by Crippen LogP contribution is -2.10. The van der Waals surface area contributed by atoms with Gasteiger partial charge in [-0.05, 0) is 102 Å². The Kier molecular flexibility index (Phi) is 7.82. The van der Waals surface area contributed by atoms with Gasteiger partial charge in [0.2, 0.25) is 0 Å². The van der Waals surface area contributed by atoms with Crippen LogP contribution in [0, 0.1) is 0 Å². The summed E-state index contributed by atoms with van der Waals surface area (Å²) in [6.45, 7) is 0. The Bertz CT molecular complexity index is 3060. The van der Waals surface area contributed by atoms with Crippen LogP contribution in [-0.4, -0.2) is 4.57 Å². The van der Waals surface area contributed by atoms with Crippen LogP contribution in [0.3, 0.4) is 0 Å². The number of hydrogen-bond donors (Lipinski definition) is 0. The SMILES string of the molecule is C1=Cc2c(n(-c3ccccc3)c3ccc(N(c4ccc(-c5ccc(-c6ccccc6)s5)cc4)c4ccc(-c5cccc6c5oc5ccccc56)cc4)cc23)CC1. The van der Waals surface area contributed by atoms with E-state index in [2.05, 4.69) is 191 Å². The largest absolute Gasteiger partial charge is 0.455 e. The highest BCUT2D eigenvalue weighted by molar-refractivity contribution is 7.18. The Morgan fingerprint density at radius 3 is 1.93 bits per heavy atom. The molecule has 0 atom stereocenters. The van der Waals surface area contributed by atoms with E-state index in [1.807, 2.05) is 23.5 Å². The lowest BCUT2D eigenvalue weighted by Gasteiger charge is -2.26. The molecule has 0 amide bonds. The molecule has 56 heavy (non-hydrogen) atoms. The van der Waals surface area contributed by atoms with Gasteiger partial charge in [0.05, 0.1) is 5.52 Å². The maximum atomic E-state index is 6.43. The average Bonchev–Trinajstić information content (AvgIpc) is 4.00. The Morgan fingerprint density at radius 1 is 0.518 bits per heavy atom. The highest BCUT2D eigenvalue weighted by atomic mass is 32.1. The van der Waals surface area contributed by atoms with Crippen molar-refractivity contribution >= 4 is 67.3 Å². The zero-order valence-electron chi connectivity index (χ0n) is 30.6. The van der Waals surface area contributed by atoms with E-state index in [1.165, 1.54) is 48.7 Å². The van der Waals surface area contributed by atoms with Gasteiger partial charge in [-0.25, -0.2) is 0 Å². The Labute approximate surface area is 329 Å². The Hall–Kier alpha value is -6.88. The van der Waals surface area contributed by atoms with Crippen LogP contribution in [0.5, 0.6) is 0 Å². The molecular weight excluding hydrogens is 701 g/mol. The second kappa shape index (κ2) is 13.5. The summed E-state index contributed by atoms with van der Waals surface area (Å²) in [5.74, 6) is 0. The highest BCUT2D eigenvalue weighted by Crippen LogP contribution is 2.43. The van der Waals surface area contributed by atoms with Gasteiger partial charge < -0.3 is 13.9 Å². The summed E-state index contributed by atoms with van der Waals surface area (Å²) in [5.41, 5.74) is 14.9. The smallest absolute Gasteiger partial charge is 0.143 e. The van der Waals surface area contributed by atoms with Crippen molar-refractivity contribution in [1.82, 2.24) is 4.57 Å².